The average molecular weight is 316 g/mol. The lowest BCUT2D eigenvalue weighted by molar-refractivity contribution is -0.152. The van der Waals surface area contributed by atoms with Gasteiger partial charge < -0.3 is 14.8 Å². The highest BCUT2D eigenvalue weighted by atomic mass is 79.9. The number of halogens is 1. The molecule has 0 aliphatic rings. The van der Waals surface area contributed by atoms with E-state index < -0.39 is 11.9 Å². The van der Waals surface area contributed by atoms with Crippen LogP contribution in [0.1, 0.15) is 5.56 Å². The van der Waals surface area contributed by atoms with Gasteiger partial charge in [0.2, 0.25) is 0 Å². The Morgan fingerprint density at radius 2 is 2.06 bits per heavy atom. The second-order valence-electron chi connectivity index (χ2n) is 3.47. The zero-order valence-electron chi connectivity index (χ0n) is 10.2. The maximum absolute atomic E-state index is 11.1. The maximum atomic E-state index is 11.1. The van der Waals surface area contributed by atoms with E-state index in [1.165, 1.54) is 7.11 Å². The average Bonchev–Trinajstić information content (AvgIpc) is 2.37. The summed E-state index contributed by atoms with van der Waals surface area (Å²) in [5.74, 6) is -0.867. The fourth-order valence-electron chi connectivity index (χ4n) is 1.35. The molecule has 0 atom stereocenters. The number of hydrogen-bond acceptors (Lipinski definition) is 4. The molecule has 0 unspecified atom stereocenters. The SMILES string of the molecule is COC(=O)C(=O)NCCc1ccc(OC)c(Br)c1. The van der Waals surface area contributed by atoms with Gasteiger partial charge in [0.15, 0.2) is 0 Å². The highest BCUT2D eigenvalue weighted by Crippen LogP contribution is 2.25. The second-order valence-corrected chi connectivity index (χ2v) is 4.32. The molecule has 1 aromatic rings. The molecule has 1 aromatic carbocycles. The van der Waals surface area contributed by atoms with Crippen molar-refractivity contribution in [2.45, 2.75) is 6.42 Å². The van der Waals surface area contributed by atoms with Crippen molar-refractivity contribution in [1.82, 2.24) is 5.32 Å². The summed E-state index contributed by atoms with van der Waals surface area (Å²) in [6.07, 6.45) is 0.616. The van der Waals surface area contributed by atoms with E-state index in [0.29, 0.717) is 13.0 Å². The van der Waals surface area contributed by atoms with Crippen molar-refractivity contribution in [3.63, 3.8) is 0 Å². The zero-order chi connectivity index (χ0) is 13.5. The minimum absolute atomic E-state index is 0.368. The van der Waals surface area contributed by atoms with Gasteiger partial charge in [-0.15, -0.1) is 0 Å². The third-order valence-corrected chi connectivity index (χ3v) is 2.91. The predicted molar refractivity (Wildman–Crippen MR) is 69.4 cm³/mol. The first kappa shape index (κ1) is 14.5. The van der Waals surface area contributed by atoms with Gasteiger partial charge in [-0.3, -0.25) is 4.79 Å². The molecule has 5 nitrogen and oxygen atoms in total. The summed E-state index contributed by atoms with van der Waals surface area (Å²) in [6, 6.07) is 5.64. The van der Waals surface area contributed by atoms with Gasteiger partial charge >= 0.3 is 11.9 Å². The number of carbonyl (C=O) groups excluding carboxylic acids is 2. The van der Waals surface area contributed by atoms with E-state index in [4.69, 9.17) is 4.74 Å². The molecule has 18 heavy (non-hydrogen) atoms. The highest BCUT2D eigenvalue weighted by molar-refractivity contribution is 9.10. The monoisotopic (exact) mass is 315 g/mol. The molecule has 1 rings (SSSR count). The van der Waals surface area contributed by atoms with Crippen molar-refractivity contribution in [2.75, 3.05) is 20.8 Å². The fraction of sp³-hybridized carbons (Fsp3) is 0.333. The number of hydrogen-bond donors (Lipinski definition) is 1. The number of rotatable bonds is 4. The molecule has 0 heterocycles. The number of ether oxygens (including phenoxy) is 2. The minimum atomic E-state index is -0.883. The van der Waals surface area contributed by atoms with Crippen molar-refractivity contribution in [1.29, 1.82) is 0 Å². The van der Waals surface area contributed by atoms with Crippen LogP contribution in [0, 0.1) is 0 Å². The van der Waals surface area contributed by atoms with E-state index in [1.807, 2.05) is 18.2 Å². The van der Waals surface area contributed by atoms with Crippen LogP contribution in [0.4, 0.5) is 0 Å². The standard InChI is InChI=1S/C12H14BrNO4/c1-17-10-4-3-8(7-9(10)13)5-6-14-11(15)12(16)18-2/h3-4,7H,5-6H2,1-2H3,(H,14,15). The third kappa shape index (κ3) is 4.03. The van der Waals surface area contributed by atoms with Gasteiger partial charge in [0.1, 0.15) is 5.75 Å². The number of benzene rings is 1. The molecule has 1 N–H and O–H groups in total. The highest BCUT2D eigenvalue weighted by Gasteiger charge is 2.12. The molecule has 0 aliphatic carbocycles. The number of methoxy groups -OCH3 is 2. The normalized spacial score (nSPS) is 9.72. The van der Waals surface area contributed by atoms with E-state index in [-0.39, 0.29) is 0 Å². The zero-order valence-corrected chi connectivity index (χ0v) is 11.7. The quantitative estimate of drug-likeness (QED) is 0.671. The fourth-order valence-corrected chi connectivity index (χ4v) is 1.94. The summed E-state index contributed by atoms with van der Waals surface area (Å²) in [5.41, 5.74) is 1.02. The summed E-state index contributed by atoms with van der Waals surface area (Å²) < 4.78 is 10.2. The van der Waals surface area contributed by atoms with Crippen LogP contribution in [-0.4, -0.2) is 32.6 Å². The van der Waals surface area contributed by atoms with Crippen LogP contribution in [0.5, 0.6) is 5.75 Å². The number of carbonyl (C=O) groups is 2. The second kappa shape index (κ2) is 7.00. The number of nitrogens with one attached hydrogen (secondary N) is 1. The smallest absolute Gasteiger partial charge is 0.396 e. The molecule has 0 bridgehead atoms. The van der Waals surface area contributed by atoms with E-state index in [9.17, 15) is 9.59 Å². The van der Waals surface area contributed by atoms with Crippen LogP contribution in [0.2, 0.25) is 0 Å². The van der Waals surface area contributed by atoms with Gasteiger partial charge in [-0.1, -0.05) is 6.07 Å². The molecule has 0 aromatic heterocycles. The van der Waals surface area contributed by atoms with E-state index >= 15 is 0 Å². The Morgan fingerprint density at radius 1 is 1.33 bits per heavy atom. The van der Waals surface area contributed by atoms with Crippen molar-refractivity contribution >= 4 is 27.8 Å². The van der Waals surface area contributed by atoms with Gasteiger partial charge in [0.05, 0.1) is 18.7 Å². The van der Waals surface area contributed by atoms with Gasteiger partial charge in [0, 0.05) is 6.54 Å². The lowest BCUT2D eigenvalue weighted by Gasteiger charge is -2.07. The van der Waals surface area contributed by atoms with Gasteiger partial charge in [-0.05, 0) is 40.0 Å². The number of esters is 1. The largest absolute Gasteiger partial charge is 0.496 e. The van der Waals surface area contributed by atoms with Gasteiger partial charge in [-0.25, -0.2) is 4.79 Å². The Bertz CT molecular complexity index is 448. The Balaban J connectivity index is 2.47. The topological polar surface area (TPSA) is 64.6 Å². The Morgan fingerprint density at radius 3 is 2.61 bits per heavy atom. The summed E-state index contributed by atoms with van der Waals surface area (Å²) in [6.45, 7) is 0.368. The van der Waals surface area contributed by atoms with Gasteiger partial charge in [-0.2, -0.15) is 0 Å². The molecule has 0 fully saturated rings. The van der Waals surface area contributed by atoms with Crippen LogP contribution in [0.3, 0.4) is 0 Å². The first-order valence-corrected chi connectivity index (χ1v) is 6.06. The molecule has 6 heteroatoms. The van der Waals surface area contributed by atoms with Crippen molar-refractivity contribution in [3.05, 3.63) is 28.2 Å². The molecule has 98 valence electrons. The molecule has 0 spiro atoms. The van der Waals surface area contributed by atoms with Crippen LogP contribution in [0.15, 0.2) is 22.7 Å². The molecule has 0 saturated heterocycles. The Hall–Kier alpha value is -1.56. The maximum Gasteiger partial charge on any atom is 0.396 e. The van der Waals surface area contributed by atoms with Crippen LogP contribution in [-0.2, 0) is 20.7 Å². The van der Waals surface area contributed by atoms with Crippen molar-refractivity contribution < 1.29 is 19.1 Å². The third-order valence-electron chi connectivity index (χ3n) is 2.29. The van der Waals surface area contributed by atoms with Crippen LogP contribution >= 0.6 is 15.9 Å². The molecular formula is C12H14BrNO4. The van der Waals surface area contributed by atoms with E-state index in [1.54, 1.807) is 7.11 Å². The lowest BCUT2D eigenvalue weighted by Crippen LogP contribution is -2.33. The van der Waals surface area contributed by atoms with Crippen molar-refractivity contribution in [3.8, 4) is 5.75 Å². The van der Waals surface area contributed by atoms with Gasteiger partial charge in [0.25, 0.3) is 0 Å². The first-order valence-electron chi connectivity index (χ1n) is 5.27. The van der Waals surface area contributed by atoms with E-state index in [2.05, 4.69) is 26.0 Å². The molecular weight excluding hydrogens is 302 g/mol. The Kier molecular flexibility index (Phi) is 5.64. The number of amides is 1. The summed E-state index contributed by atoms with van der Waals surface area (Å²) in [4.78, 5) is 22.0. The van der Waals surface area contributed by atoms with E-state index in [0.717, 1.165) is 15.8 Å². The molecule has 0 saturated carbocycles. The lowest BCUT2D eigenvalue weighted by atomic mass is 10.1. The molecule has 0 radical (unpaired) electrons. The first-order chi connectivity index (χ1) is 8.58. The summed E-state index contributed by atoms with van der Waals surface area (Å²) in [5, 5.41) is 2.47. The van der Waals surface area contributed by atoms with Crippen molar-refractivity contribution in [2.24, 2.45) is 0 Å². The van der Waals surface area contributed by atoms with Crippen LogP contribution < -0.4 is 10.1 Å². The molecule has 0 aliphatic heterocycles. The predicted octanol–water partition coefficient (Wildman–Crippen LogP) is 1.29. The van der Waals surface area contributed by atoms with Crippen LogP contribution in [0.25, 0.3) is 0 Å². The Labute approximate surface area is 114 Å². The molecule has 1 amide bonds. The summed E-state index contributed by atoms with van der Waals surface area (Å²) >= 11 is 3.38. The summed E-state index contributed by atoms with van der Waals surface area (Å²) in [7, 11) is 2.76. The minimum Gasteiger partial charge on any atom is -0.496 e.